The lowest BCUT2D eigenvalue weighted by atomic mass is 10.1. The largest absolute Gasteiger partial charge is 0.481 e. The minimum atomic E-state index is -0.970. The predicted molar refractivity (Wildman–Crippen MR) is 61.3 cm³/mol. The van der Waals surface area contributed by atoms with E-state index >= 15 is 0 Å². The number of carboxylic acids is 1. The van der Waals surface area contributed by atoms with Crippen LogP contribution < -0.4 is 16.4 Å². The molecule has 0 aromatic rings. The molecular weight excluding hydrogens is 226 g/mol. The zero-order valence-electron chi connectivity index (χ0n) is 10.0. The molecule has 0 aliphatic heterocycles. The Morgan fingerprint density at radius 1 is 1.24 bits per heavy atom. The van der Waals surface area contributed by atoms with E-state index in [1.807, 2.05) is 0 Å². The van der Waals surface area contributed by atoms with Crippen molar-refractivity contribution >= 4 is 17.9 Å². The number of amides is 3. The summed E-state index contributed by atoms with van der Waals surface area (Å²) in [7, 11) is 0. The highest BCUT2D eigenvalue weighted by Gasteiger charge is 2.15. The summed E-state index contributed by atoms with van der Waals surface area (Å²) < 4.78 is 0. The SMILES string of the molecule is CCC(CC(=O)O)NC(=O)NC(C)CC(N)=O. The molecule has 3 amide bonds. The molecule has 2 unspecified atom stereocenters. The van der Waals surface area contributed by atoms with Crippen molar-refractivity contribution in [3.05, 3.63) is 0 Å². The predicted octanol–water partition coefficient (Wildman–Crippen LogP) is -0.197. The highest BCUT2D eigenvalue weighted by Crippen LogP contribution is 1.98. The van der Waals surface area contributed by atoms with Crippen molar-refractivity contribution in [1.29, 1.82) is 0 Å². The molecule has 2 atom stereocenters. The Labute approximate surface area is 99.7 Å². The van der Waals surface area contributed by atoms with E-state index in [-0.39, 0.29) is 18.9 Å². The van der Waals surface area contributed by atoms with Crippen molar-refractivity contribution in [2.75, 3.05) is 0 Å². The Kier molecular flexibility index (Phi) is 6.69. The second-order valence-corrected chi connectivity index (χ2v) is 3.89. The van der Waals surface area contributed by atoms with Gasteiger partial charge in [0.1, 0.15) is 0 Å². The van der Waals surface area contributed by atoms with Gasteiger partial charge in [-0.05, 0) is 13.3 Å². The van der Waals surface area contributed by atoms with Crippen molar-refractivity contribution in [1.82, 2.24) is 10.6 Å². The van der Waals surface area contributed by atoms with Gasteiger partial charge in [0, 0.05) is 18.5 Å². The van der Waals surface area contributed by atoms with Gasteiger partial charge < -0.3 is 21.5 Å². The summed E-state index contributed by atoms with van der Waals surface area (Å²) in [6.07, 6.45) is 0.432. The molecule has 0 spiro atoms. The molecule has 17 heavy (non-hydrogen) atoms. The molecule has 0 fully saturated rings. The molecule has 0 saturated heterocycles. The fraction of sp³-hybridized carbons (Fsp3) is 0.700. The first-order chi connectivity index (χ1) is 7.85. The monoisotopic (exact) mass is 245 g/mol. The number of carboxylic acid groups (broad SMARTS) is 1. The highest BCUT2D eigenvalue weighted by molar-refractivity contribution is 5.78. The van der Waals surface area contributed by atoms with Crippen molar-refractivity contribution in [3.63, 3.8) is 0 Å². The number of hydrogen-bond donors (Lipinski definition) is 4. The summed E-state index contributed by atoms with van der Waals surface area (Å²) in [6, 6.07) is -1.30. The first-order valence-corrected chi connectivity index (χ1v) is 5.42. The van der Waals surface area contributed by atoms with Crippen LogP contribution in [0.3, 0.4) is 0 Å². The molecule has 7 nitrogen and oxygen atoms in total. The van der Waals surface area contributed by atoms with Gasteiger partial charge in [0.15, 0.2) is 0 Å². The number of rotatable bonds is 7. The lowest BCUT2D eigenvalue weighted by Crippen LogP contribution is -2.46. The summed E-state index contributed by atoms with van der Waals surface area (Å²) in [5, 5.41) is 13.6. The van der Waals surface area contributed by atoms with E-state index in [2.05, 4.69) is 10.6 Å². The fourth-order valence-corrected chi connectivity index (χ4v) is 1.31. The number of primary amides is 1. The third-order valence-corrected chi connectivity index (χ3v) is 2.13. The van der Waals surface area contributed by atoms with Gasteiger partial charge in [-0.15, -0.1) is 0 Å². The van der Waals surface area contributed by atoms with Crippen molar-refractivity contribution in [3.8, 4) is 0 Å². The first kappa shape index (κ1) is 15.2. The Morgan fingerprint density at radius 3 is 2.24 bits per heavy atom. The average Bonchev–Trinajstić information content (AvgIpc) is 2.13. The quantitative estimate of drug-likeness (QED) is 0.496. The lowest BCUT2D eigenvalue weighted by molar-refractivity contribution is -0.137. The summed E-state index contributed by atoms with van der Waals surface area (Å²) >= 11 is 0. The van der Waals surface area contributed by atoms with Gasteiger partial charge in [0.05, 0.1) is 6.42 Å². The number of nitrogens with one attached hydrogen (secondary N) is 2. The van der Waals surface area contributed by atoms with Crippen molar-refractivity contribution < 1.29 is 19.5 Å². The van der Waals surface area contributed by atoms with E-state index in [9.17, 15) is 14.4 Å². The van der Waals surface area contributed by atoms with Crippen LogP contribution in [0.25, 0.3) is 0 Å². The number of carbonyl (C=O) groups is 3. The molecule has 0 bridgehead atoms. The van der Waals surface area contributed by atoms with Gasteiger partial charge in [-0.3, -0.25) is 9.59 Å². The van der Waals surface area contributed by atoms with E-state index in [1.165, 1.54) is 0 Å². The number of hydrogen-bond acceptors (Lipinski definition) is 3. The molecule has 0 aromatic carbocycles. The molecule has 0 rings (SSSR count). The summed E-state index contributed by atoms with van der Waals surface area (Å²) in [6.45, 7) is 3.42. The third kappa shape index (κ3) is 8.06. The van der Waals surface area contributed by atoms with Crippen LogP contribution >= 0.6 is 0 Å². The van der Waals surface area contributed by atoms with Crippen LogP contribution in [0, 0.1) is 0 Å². The first-order valence-electron chi connectivity index (χ1n) is 5.42. The minimum Gasteiger partial charge on any atom is -0.481 e. The van der Waals surface area contributed by atoms with Crippen LogP contribution in [0.4, 0.5) is 4.79 Å². The van der Waals surface area contributed by atoms with E-state index in [0.717, 1.165) is 0 Å². The van der Waals surface area contributed by atoms with E-state index in [0.29, 0.717) is 6.42 Å². The molecular formula is C10H19N3O4. The number of carbonyl (C=O) groups excluding carboxylic acids is 2. The van der Waals surface area contributed by atoms with Crippen LogP contribution in [-0.2, 0) is 9.59 Å². The maximum atomic E-state index is 11.4. The third-order valence-electron chi connectivity index (χ3n) is 2.13. The van der Waals surface area contributed by atoms with Gasteiger partial charge in [0.2, 0.25) is 5.91 Å². The Morgan fingerprint density at radius 2 is 1.82 bits per heavy atom. The maximum absolute atomic E-state index is 11.4. The normalized spacial score (nSPS) is 13.5. The lowest BCUT2D eigenvalue weighted by Gasteiger charge is -2.18. The van der Waals surface area contributed by atoms with Gasteiger partial charge in [-0.2, -0.15) is 0 Å². The second-order valence-electron chi connectivity index (χ2n) is 3.89. The van der Waals surface area contributed by atoms with Crippen LogP contribution in [0.2, 0.25) is 0 Å². The van der Waals surface area contributed by atoms with Crippen LogP contribution in [0.1, 0.15) is 33.1 Å². The summed E-state index contributed by atoms with van der Waals surface area (Å²) in [5.74, 6) is -1.47. The molecule has 0 aliphatic carbocycles. The highest BCUT2D eigenvalue weighted by atomic mass is 16.4. The van der Waals surface area contributed by atoms with E-state index in [4.69, 9.17) is 10.8 Å². The molecule has 5 N–H and O–H groups in total. The van der Waals surface area contributed by atoms with E-state index < -0.39 is 23.9 Å². The molecule has 0 radical (unpaired) electrons. The van der Waals surface area contributed by atoms with Gasteiger partial charge >= 0.3 is 12.0 Å². The molecule has 0 saturated carbocycles. The number of nitrogens with two attached hydrogens (primary N) is 1. The Bertz CT molecular complexity index is 293. The van der Waals surface area contributed by atoms with E-state index in [1.54, 1.807) is 13.8 Å². The summed E-state index contributed by atoms with van der Waals surface area (Å²) in [4.78, 5) is 32.5. The summed E-state index contributed by atoms with van der Waals surface area (Å²) in [5.41, 5.74) is 4.97. The van der Waals surface area contributed by atoms with Crippen LogP contribution in [-0.4, -0.2) is 35.1 Å². The minimum absolute atomic E-state index is 0.0448. The molecule has 98 valence electrons. The van der Waals surface area contributed by atoms with Gasteiger partial charge in [-0.25, -0.2) is 4.79 Å². The standard InChI is InChI=1S/C10H19N3O4/c1-3-7(5-9(15)16)13-10(17)12-6(2)4-8(11)14/h6-7H,3-5H2,1-2H3,(H2,11,14)(H,15,16)(H2,12,13,17). The van der Waals surface area contributed by atoms with Crippen LogP contribution in [0.5, 0.6) is 0 Å². The van der Waals surface area contributed by atoms with Crippen molar-refractivity contribution in [2.24, 2.45) is 5.73 Å². The Balaban J connectivity index is 4.05. The number of aliphatic carboxylic acids is 1. The average molecular weight is 245 g/mol. The molecule has 0 aliphatic rings. The number of urea groups is 1. The fourth-order valence-electron chi connectivity index (χ4n) is 1.31. The zero-order valence-corrected chi connectivity index (χ0v) is 10.0. The molecule has 7 heteroatoms. The maximum Gasteiger partial charge on any atom is 0.315 e. The van der Waals surface area contributed by atoms with Crippen molar-refractivity contribution in [2.45, 2.75) is 45.2 Å². The van der Waals surface area contributed by atoms with Gasteiger partial charge in [0.25, 0.3) is 0 Å². The molecule has 0 heterocycles. The zero-order chi connectivity index (χ0) is 13.4. The van der Waals surface area contributed by atoms with Crippen LogP contribution in [0.15, 0.2) is 0 Å². The smallest absolute Gasteiger partial charge is 0.315 e. The van der Waals surface area contributed by atoms with Gasteiger partial charge in [-0.1, -0.05) is 6.92 Å². The second kappa shape index (κ2) is 7.48. The topological polar surface area (TPSA) is 122 Å². The molecule has 0 aromatic heterocycles. The Hall–Kier alpha value is -1.79.